The third-order valence-corrected chi connectivity index (χ3v) is 1.75. The van der Waals surface area contributed by atoms with Crippen molar-refractivity contribution in [3.05, 3.63) is 6.61 Å². The molecule has 0 aliphatic rings. The second-order valence-corrected chi connectivity index (χ2v) is 2.92. The van der Waals surface area contributed by atoms with Crippen molar-refractivity contribution in [2.75, 3.05) is 20.1 Å². The summed E-state index contributed by atoms with van der Waals surface area (Å²) in [6.07, 6.45) is 4.49. The summed E-state index contributed by atoms with van der Waals surface area (Å²) in [5.74, 6) is 0. The average Bonchev–Trinajstić information content (AvgIpc) is 2.01. The van der Waals surface area contributed by atoms with Crippen LogP contribution in [0.4, 0.5) is 0 Å². The zero-order valence-corrected chi connectivity index (χ0v) is 7.64. The Morgan fingerprint density at radius 3 is 2.55 bits per heavy atom. The number of rotatable bonds is 7. The van der Waals surface area contributed by atoms with Crippen LogP contribution in [0, 0.1) is 6.61 Å². The molecule has 0 atom stereocenters. The van der Waals surface area contributed by atoms with E-state index in [1.54, 1.807) is 0 Å². The van der Waals surface area contributed by atoms with Gasteiger partial charge < -0.3 is 10.0 Å². The fraction of sp³-hybridized carbons (Fsp3) is 0.889. The van der Waals surface area contributed by atoms with E-state index in [-0.39, 0.29) is 0 Å². The van der Waals surface area contributed by atoms with E-state index in [1.165, 1.54) is 19.3 Å². The SMILES string of the molecule is CCCCCN(C)CC[C]O. The molecule has 0 amide bonds. The molecule has 2 heteroatoms. The highest BCUT2D eigenvalue weighted by atomic mass is 16.3. The van der Waals surface area contributed by atoms with Gasteiger partial charge in [0.05, 0.1) is 0 Å². The predicted molar refractivity (Wildman–Crippen MR) is 46.8 cm³/mol. The van der Waals surface area contributed by atoms with Gasteiger partial charge in [0.25, 0.3) is 0 Å². The molecule has 0 aromatic heterocycles. The second kappa shape index (κ2) is 8.02. The normalized spacial score (nSPS) is 10.9. The van der Waals surface area contributed by atoms with Crippen molar-refractivity contribution in [3.8, 4) is 0 Å². The first-order chi connectivity index (χ1) is 5.31. The van der Waals surface area contributed by atoms with E-state index in [2.05, 4.69) is 25.5 Å². The summed E-state index contributed by atoms with van der Waals surface area (Å²) in [4.78, 5) is 2.22. The second-order valence-electron chi connectivity index (χ2n) is 2.92. The molecule has 0 aliphatic heterocycles. The maximum absolute atomic E-state index is 8.31. The molecule has 1 N–H and O–H groups in total. The zero-order chi connectivity index (χ0) is 8.53. The summed E-state index contributed by atoms with van der Waals surface area (Å²) in [7, 11) is 2.08. The molecule has 0 saturated heterocycles. The Balaban J connectivity index is 3.02. The topological polar surface area (TPSA) is 23.5 Å². The number of hydrogen-bond donors (Lipinski definition) is 1. The molecule has 2 radical (unpaired) electrons. The lowest BCUT2D eigenvalue weighted by Crippen LogP contribution is -2.20. The number of hydrogen-bond acceptors (Lipinski definition) is 2. The minimum atomic E-state index is 0.655. The lowest BCUT2D eigenvalue weighted by Gasteiger charge is -2.14. The van der Waals surface area contributed by atoms with Gasteiger partial charge in [-0.1, -0.05) is 19.8 Å². The Hall–Kier alpha value is -0.0800. The van der Waals surface area contributed by atoms with E-state index in [9.17, 15) is 0 Å². The van der Waals surface area contributed by atoms with E-state index in [4.69, 9.17) is 5.11 Å². The van der Waals surface area contributed by atoms with Crippen molar-refractivity contribution < 1.29 is 5.11 Å². The summed E-state index contributed by atoms with van der Waals surface area (Å²) >= 11 is 0. The van der Waals surface area contributed by atoms with Crippen LogP contribution in [0.25, 0.3) is 0 Å². The van der Waals surface area contributed by atoms with Crippen LogP contribution in [0.5, 0.6) is 0 Å². The zero-order valence-electron chi connectivity index (χ0n) is 7.64. The minimum Gasteiger partial charge on any atom is -0.384 e. The summed E-state index contributed by atoms with van der Waals surface area (Å²) in [6, 6.07) is 0. The molecule has 2 nitrogen and oxygen atoms in total. The van der Waals surface area contributed by atoms with Crippen molar-refractivity contribution in [1.82, 2.24) is 4.90 Å². The number of unbranched alkanes of at least 4 members (excludes halogenated alkanes) is 2. The van der Waals surface area contributed by atoms with E-state index in [0.29, 0.717) is 6.42 Å². The van der Waals surface area contributed by atoms with Crippen LogP contribution < -0.4 is 0 Å². The van der Waals surface area contributed by atoms with E-state index >= 15 is 0 Å². The summed E-state index contributed by atoms with van der Waals surface area (Å²) in [6.45, 7) is 6.40. The fourth-order valence-electron chi connectivity index (χ4n) is 0.984. The van der Waals surface area contributed by atoms with Gasteiger partial charge in [-0.05, 0) is 26.4 Å². The molecule has 0 aliphatic carbocycles. The van der Waals surface area contributed by atoms with Crippen LogP contribution in [0.3, 0.4) is 0 Å². The van der Waals surface area contributed by atoms with Crippen molar-refractivity contribution >= 4 is 0 Å². The predicted octanol–water partition coefficient (Wildman–Crippen LogP) is 1.91. The summed E-state index contributed by atoms with van der Waals surface area (Å²) in [5.41, 5.74) is 0. The van der Waals surface area contributed by atoms with E-state index < -0.39 is 0 Å². The van der Waals surface area contributed by atoms with Crippen LogP contribution >= 0.6 is 0 Å². The molecule has 0 spiro atoms. The number of aliphatic hydroxyl groups is 1. The van der Waals surface area contributed by atoms with Crippen LogP contribution in [-0.2, 0) is 0 Å². The van der Waals surface area contributed by atoms with Crippen LogP contribution in [-0.4, -0.2) is 30.1 Å². The Bertz CT molecular complexity index is 76.0. The van der Waals surface area contributed by atoms with Crippen LogP contribution in [0.1, 0.15) is 32.6 Å². The third kappa shape index (κ3) is 7.82. The molecule has 0 bridgehead atoms. The van der Waals surface area contributed by atoms with Crippen LogP contribution in [0.2, 0.25) is 0 Å². The Kier molecular flexibility index (Phi) is 7.96. The summed E-state index contributed by atoms with van der Waals surface area (Å²) < 4.78 is 0. The van der Waals surface area contributed by atoms with Gasteiger partial charge in [-0.25, -0.2) is 0 Å². The van der Waals surface area contributed by atoms with Gasteiger partial charge in [0.1, 0.15) is 6.61 Å². The fourth-order valence-corrected chi connectivity index (χ4v) is 0.984. The molecule has 11 heavy (non-hydrogen) atoms. The van der Waals surface area contributed by atoms with E-state index in [1.807, 2.05) is 0 Å². The lowest BCUT2D eigenvalue weighted by molar-refractivity contribution is 0.293. The van der Waals surface area contributed by atoms with E-state index in [0.717, 1.165) is 13.1 Å². The molecule has 0 heterocycles. The molecule has 0 saturated carbocycles. The summed E-state index contributed by atoms with van der Waals surface area (Å²) in [5, 5.41) is 8.31. The first-order valence-corrected chi connectivity index (χ1v) is 4.36. The van der Waals surface area contributed by atoms with Gasteiger partial charge in [-0.2, -0.15) is 0 Å². The number of nitrogens with zero attached hydrogens (tertiary/aromatic N) is 1. The highest BCUT2D eigenvalue weighted by Crippen LogP contribution is 1.97. The lowest BCUT2D eigenvalue weighted by atomic mass is 10.2. The largest absolute Gasteiger partial charge is 0.384 e. The minimum absolute atomic E-state index is 0.655. The standard InChI is InChI=1S/C9H19NO/c1-3-4-5-7-10(2)8-6-9-11/h11H,3-8H2,1-2H3. The first kappa shape index (κ1) is 10.9. The maximum Gasteiger partial charge on any atom is 0.129 e. The van der Waals surface area contributed by atoms with Gasteiger partial charge in [-0.3, -0.25) is 0 Å². The average molecular weight is 157 g/mol. The molecule has 0 fully saturated rings. The highest BCUT2D eigenvalue weighted by Gasteiger charge is 1.96. The molecule has 0 aromatic carbocycles. The van der Waals surface area contributed by atoms with Crippen molar-refractivity contribution in [2.24, 2.45) is 0 Å². The van der Waals surface area contributed by atoms with Gasteiger partial charge in [0.2, 0.25) is 0 Å². The Morgan fingerprint density at radius 2 is 2.00 bits per heavy atom. The number of aliphatic hydroxyl groups excluding tert-OH is 1. The monoisotopic (exact) mass is 157 g/mol. The van der Waals surface area contributed by atoms with Gasteiger partial charge in [0.15, 0.2) is 0 Å². The molecular weight excluding hydrogens is 138 g/mol. The molecule has 0 aromatic rings. The molecule has 0 unspecified atom stereocenters. The van der Waals surface area contributed by atoms with Gasteiger partial charge in [0, 0.05) is 6.54 Å². The quantitative estimate of drug-likeness (QED) is 0.571. The first-order valence-electron chi connectivity index (χ1n) is 4.36. The highest BCUT2D eigenvalue weighted by molar-refractivity contribution is 4.55. The van der Waals surface area contributed by atoms with Gasteiger partial charge >= 0.3 is 0 Å². The Labute approximate surface area is 70.2 Å². The van der Waals surface area contributed by atoms with Crippen molar-refractivity contribution in [1.29, 1.82) is 0 Å². The van der Waals surface area contributed by atoms with Crippen molar-refractivity contribution in [3.63, 3.8) is 0 Å². The smallest absolute Gasteiger partial charge is 0.129 e. The third-order valence-electron chi connectivity index (χ3n) is 1.75. The molecular formula is C9H19NO. The molecule has 0 rings (SSSR count). The molecule has 66 valence electrons. The van der Waals surface area contributed by atoms with Gasteiger partial charge in [-0.15, -0.1) is 0 Å². The van der Waals surface area contributed by atoms with Crippen LogP contribution in [0.15, 0.2) is 0 Å². The maximum atomic E-state index is 8.31. The Morgan fingerprint density at radius 1 is 1.27 bits per heavy atom. The van der Waals surface area contributed by atoms with Crippen molar-refractivity contribution in [2.45, 2.75) is 32.6 Å².